The lowest BCUT2D eigenvalue weighted by molar-refractivity contribution is -0.113. The highest BCUT2D eigenvalue weighted by Gasteiger charge is 2.15. The summed E-state index contributed by atoms with van der Waals surface area (Å²) in [5, 5.41) is 4.62. The first-order valence-electron chi connectivity index (χ1n) is 12.1. The Bertz CT molecular complexity index is 1900. The largest absolute Gasteiger partial charge is 0.325 e. The molecule has 6 aromatic rings. The summed E-state index contributed by atoms with van der Waals surface area (Å²) in [6.45, 7) is 2.06. The van der Waals surface area contributed by atoms with Crippen molar-refractivity contribution in [3.05, 3.63) is 113 Å². The molecule has 0 fully saturated rings. The smallest absolute Gasteiger partial charge is 0.266 e. The minimum Gasteiger partial charge on any atom is -0.325 e. The van der Waals surface area contributed by atoms with Gasteiger partial charge in [0.05, 0.1) is 32.6 Å². The summed E-state index contributed by atoms with van der Waals surface area (Å²) in [6.07, 6.45) is 0. The van der Waals surface area contributed by atoms with E-state index >= 15 is 0 Å². The van der Waals surface area contributed by atoms with Crippen molar-refractivity contribution in [2.45, 2.75) is 12.1 Å². The molecular formula is C30H21FN4O2S2. The summed E-state index contributed by atoms with van der Waals surface area (Å²) in [4.78, 5) is 35.5. The summed E-state index contributed by atoms with van der Waals surface area (Å²) in [6, 6.07) is 26.4. The zero-order valence-corrected chi connectivity index (χ0v) is 22.4. The van der Waals surface area contributed by atoms with Gasteiger partial charge in [-0.05, 0) is 85.3 Å². The Labute approximate surface area is 231 Å². The van der Waals surface area contributed by atoms with Gasteiger partial charge in [0.25, 0.3) is 5.56 Å². The second kappa shape index (κ2) is 10.4. The Morgan fingerprint density at radius 3 is 2.51 bits per heavy atom. The number of benzene rings is 4. The van der Waals surface area contributed by atoms with Gasteiger partial charge in [-0.2, -0.15) is 0 Å². The Morgan fingerprint density at radius 1 is 0.949 bits per heavy atom. The number of carbonyl (C=O) groups is 1. The van der Waals surface area contributed by atoms with E-state index < -0.39 is 5.82 Å². The summed E-state index contributed by atoms with van der Waals surface area (Å²) in [5.74, 6) is -0.611. The maximum atomic E-state index is 13.5. The molecule has 0 spiro atoms. The first-order valence-corrected chi connectivity index (χ1v) is 13.9. The number of aryl methyl sites for hydroxylation is 1. The number of rotatable bonds is 6. The summed E-state index contributed by atoms with van der Waals surface area (Å²) < 4.78 is 16.1. The molecule has 0 radical (unpaired) electrons. The van der Waals surface area contributed by atoms with Crippen molar-refractivity contribution in [2.75, 3.05) is 11.1 Å². The maximum Gasteiger partial charge on any atom is 0.266 e. The van der Waals surface area contributed by atoms with Gasteiger partial charge in [0.1, 0.15) is 10.8 Å². The number of fused-ring (bicyclic) bond motifs is 2. The summed E-state index contributed by atoms with van der Waals surface area (Å²) in [5.41, 5.74) is 4.52. The van der Waals surface area contributed by atoms with Gasteiger partial charge in [-0.15, -0.1) is 11.3 Å². The number of aromatic nitrogens is 3. The van der Waals surface area contributed by atoms with Crippen molar-refractivity contribution in [1.29, 1.82) is 0 Å². The summed E-state index contributed by atoms with van der Waals surface area (Å²) >= 11 is 2.78. The molecule has 0 saturated carbocycles. The molecule has 6 rings (SSSR count). The molecule has 0 aliphatic carbocycles. The first kappa shape index (κ1) is 25.0. The Balaban J connectivity index is 1.20. The lowest BCUT2D eigenvalue weighted by atomic mass is 10.2. The second-order valence-corrected chi connectivity index (χ2v) is 10.9. The van der Waals surface area contributed by atoms with Crippen molar-refractivity contribution in [1.82, 2.24) is 14.5 Å². The Kier molecular flexibility index (Phi) is 6.68. The average molecular weight is 553 g/mol. The van der Waals surface area contributed by atoms with Crippen LogP contribution in [0.1, 0.15) is 5.56 Å². The molecule has 6 nitrogen and oxygen atoms in total. The van der Waals surface area contributed by atoms with Gasteiger partial charge in [0.2, 0.25) is 5.91 Å². The van der Waals surface area contributed by atoms with Gasteiger partial charge in [-0.3, -0.25) is 14.2 Å². The SMILES string of the molecule is Cc1ccc2nc(-c3ccc(NC(=O)CSc4nc5ccccc5c(=O)n4-c4ccc(F)cc4)cc3)sc2c1. The highest BCUT2D eigenvalue weighted by atomic mass is 32.2. The number of thiazole rings is 1. The minimum absolute atomic E-state index is 0.0327. The van der Waals surface area contributed by atoms with Gasteiger partial charge in [-0.1, -0.05) is 30.0 Å². The van der Waals surface area contributed by atoms with Gasteiger partial charge in [0.15, 0.2) is 5.16 Å². The minimum atomic E-state index is -0.404. The number of hydrogen-bond acceptors (Lipinski definition) is 6. The number of halogens is 1. The van der Waals surface area contributed by atoms with E-state index in [2.05, 4.69) is 29.4 Å². The van der Waals surface area contributed by atoms with Crippen LogP contribution in [-0.4, -0.2) is 26.2 Å². The fraction of sp³-hybridized carbons (Fsp3) is 0.0667. The molecule has 0 aliphatic rings. The molecule has 2 aromatic heterocycles. The summed E-state index contributed by atoms with van der Waals surface area (Å²) in [7, 11) is 0. The molecular weight excluding hydrogens is 531 g/mol. The monoisotopic (exact) mass is 552 g/mol. The molecule has 0 unspecified atom stereocenters. The topological polar surface area (TPSA) is 76.9 Å². The van der Waals surface area contributed by atoms with Crippen molar-refractivity contribution < 1.29 is 9.18 Å². The molecule has 39 heavy (non-hydrogen) atoms. The van der Waals surface area contributed by atoms with E-state index in [-0.39, 0.29) is 17.2 Å². The predicted octanol–water partition coefficient (Wildman–Crippen LogP) is 6.84. The highest BCUT2D eigenvalue weighted by molar-refractivity contribution is 7.99. The molecule has 0 saturated heterocycles. The zero-order valence-electron chi connectivity index (χ0n) is 20.7. The predicted molar refractivity (Wildman–Crippen MR) is 156 cm³/mol. The fourth-order valence-electron chi connectivity index (χ4n) is 4.21. The number of nitrogens with zero attached hydrogens (tertiary/aromatic N) is 3. The molecule has 1 N–H and O–H groups in total. The third-order valence-corrected chi connectivity index (χ3v) is 8.13. The van der Waals surface area contributed by atoms with E-state index in [0.29, 0.717) is 27.4 Å². The van der Waals surface area contributed by atoms with Crippen LogP contribution in [0.25, 0.3) is 37.4 Å². The van der Waals surface area contributed by atoms with Crippen molar-refractivity contribution >= 4 is 55.8 Å². The molecule has 4 aromatic carbocycles. The maximum absolute atomic E-state index is 13.5. The van der Waals surface area contributed by atoms with Crippen LogP contribution in [0, 0.1) is 12.7 Å². The molecule has 1 amide bonds. The van der Waals surface area contributed by atoms with Crippen LogP contribution in [0.2, 0.25) is 0 Å². The van der Waals surface area contributed by atoms with Crippen LogP contribution in [0.3, 0.4) is 0 Å². The van der Waals surface area contributed by atoms with Gasteiger partial charge in [0, 0.05) is 11.3 Å². The number of hydrogen-bond donors (Lipinski definition) is 1. The van der Waals surface area contributed by atoms with Gasteiger partial charge < -0.3 is 5.32 Å². The Morgan fingerprint density at radius 2 is 1.72 bits per heavy atom. The third-order valence-electron chi connectivity index (χ3n) is 6.12. The molecule has 0 atom stereocenters. The second-order valence-electron chi connectivity index (χ2n) is 8.93. The van der Waals surface area contributed by atoms with E-state index in [1.165, 1.54) is 34.4 Å². The van der Waals surface area contributed by atoms with Crippen molar-refractivity contribution in [3.8, 4) is 16.3 Å². The molecule has 0 bridgehead atoms. The van der Waals surface area contributed by atoms with E-state index in [9.17, 15) is 14.0 Å². The third kappa shape index (κ3) is 5.19. The van der Waals surface area contributed by atoms with Crippen LogP contribution in [0.5, 0.6) is 0 Å². The normalized spacial score (nSPS) is 11.2. The van der Waals surface area contributed by atoms with Crippen LogP contribution in [-0.2, 0) is 4.79 Å². The zero-order chi connectivity index (χ0) is 26.9. The van der Waals surface area contributed by atoms with Crippen LogP contribution < -0.4 is 10.9 Å². The number of nitrogens with one attached hydrogen (secondary N) is 1. The Hall–Kier alpha value is -4.34. The quantitative estimate of drug-likeness (QED) is 0.181. The van der Waals surface area contributed by atoms with E-state index in [4.69, 9.17) is 4.98 Å². The average Bonchev–Trinajstić information content (AvgIpc) is 3.36. The molecule has 2 heterocycles. The molecule has 192 valence electrons. The number of thioether (sulfide) groups is 1. The van der Waals surface area contributed by atoms with E-state index in [0.717, 1.165) is 32.5 Å². The lowest BCUT2D eigenvalue weighted by Crippen LogP contribution is -2.23. The van der Waals surface area contributed by atoms with Gasteiger partial charge >= 0.3 is 0 Å². The fourth-order valence-corrected chi connectivity index (χ4v) is 6.09. The standard InChI is InChI=1S/C30H21FN4O2S2/c1-18-6-15-25-26(16-18)39-28(33-25)19-7-11-21(12-8-19)32-27(36)17-38-30-34-24-5-3-2-4-23(24)29(37)35(30)22-13-9-20(31)10-14-22/h2-16H,17H2,1H3,(H,32,36). The number of carbonyl (C=O) groups excluding carboxylic acids is 1. The first-order chi connectivity index (χ1) is 18.9. The van der Waals surface area contributed by atoms with Crippen LogP contribution >= 0.6 is 23.1 Å². The number of amides is 1. The van der Waals surface area contributed by atoms with Crippen molar-refractivity contribution in [2.24, 2.45) is 0 Å². The number of para-hydroxylation sites is 1. The van der Waals surface area contributed by atoms with Gasteiger partial charge in [-0.25, -0.2) is 14.4 Å². The number of anilines is 1. The van der Waals surface area contributed by atoms with Crippen LogP contribution in [0.4, 0.5) is 10.1 Å². The van der Waals surface area contributed by atoms with Crippen LogP contribution in [0.15, 0.2) is 101 Å². The lowest BCUT2D eigenvalue weighted by Gasteiger charge is -2.13. The van der Waals surface area contributed by atoms with E-state index in [1.807, 2.05) is 30.3 Å². The van der Waals surface area contributed by atoms with Crippen molar-refractivity contribution in [3.63, 3.8) is 0 Å². The molecule has 0 aliphatic heterocycles. The van der Waals surface area contributed by atoms with E-state index in [1.54, 1.807) is 35.6 Å². The highest BCUT2D eigenvalue weighted by Crippen LogP contribution is 2.31. The molecule has 9 heteroatoms.